The molecule has 0 aliphatic heterocycles. The number of aliphatic carboxylic acids is 1. The quantitative estimate of drug-likeness (QED) is 0.717. The summed E-state index contributed by atoms with van der Waals surface area (Å²) < 4.78 is 19.2. The first-order chi connectivity index (χ1) is 12.7. The molecule has 6 nitrogen and oxygen atoms in total. The van der Waals surface area contributed by atoms with Crippen LogP contribution < -0.4 is 5.32 Å². The number of amides is 1. The van der Waals surface area contributed by atoms with E-state index in [1.54, 1.807) is 18.2 Å². The molecular formula is C19H23FN2O4S. The van der Waals surface area contributed by atoms with Crippen LogP contribution in [0.15, 0.2) is 29.6 Å². The van der Waals surface area contributed by atoms with Crippen LogP contribution in [0.1, 0.15) is 48.3 Å². The highest BCUT2D eigenvalue weighted by Crippen LogP contribution is 2.17. The molecule has 2 aromatic rings. The van der Waals surface area contributed by atoms with Crippen LogP contribution in [0, 0.1) is 5.82 Å². The molecule has 0 aliphatic carbocycles. The van der Waals surface area contributed by atoms with Crippen molar-refractivity contribution in [3.8, 4) is 0 Å². The first kappa shape index (κ1) is 21.0. The average Bonchev–Trinajstić information content (AvgIpc) is 3.03. The average molecular weight is 394 g/mol. The van der Waals surface area contributed by atoms with Crippen LogP contribution in [-0.4, -0.2) is 40.2 Å². The number of nitrogens with zero attached hydrogens (tertiary/aromatic N) is 1. The van der Waals surface area contributed by atoms with E-state index >= 15 is 0 Å². The number of carbonyl (C=O) groups excluding carboxylic acids is 1. The van der Waals surface area contributed by atoms with Crippen molar-refractivity contribution in [1.29, 1.82) is 0 Å². The Morgan fingerprint density at radius 2 is 2.04 bits per heavy atom. The zero-order valence-electron chi connectivity index (χ0n) is 15.5. The number of ether oxygens (including phenoxy) is 1. The van der Waals surface area contributed by atoms with Crippen molar-refractivity contribution in [2.45, 2.75) is 45.3 Å². The monoisotopic (exact) mass is 394 g/mol. The second-order valence-corrected chi connectivity index (χ2v) is 7.95. The fourth-order valence-electron chi connectivity index (χ4n) is 2.27. The summed E-state index contributed by atoms with van der Waals surface area (Å²) in [6.07, 6.45) is 0.414. The molecule has 1 aromatic heterocycles. The molecule has 1 amide bonds. The molecule has 0 saturated heterocycles. The van der Waals surface area contributed by atoms with E-state index in [1.165, 1.54) is 22.8 Å². The zero-order valence-corrected chi connectivity index (χ0v) is 16.3. The minimum atomic E-state index is -1.14. The summed E-state index contributed by atoms with van der Waals surface area (Å²) in [5.41, 5.74) is 0.222. The molecule has 1 atom stereocenters. The molecule has 1 unspecified atom stereocenters. The molecule has 0 fully saturated rings. The van der Waals surface area contributed by atoms with E-state index in [4.69, 9.17) is 4.74 Å². The Bertz CT molecular complexity index is 801. The molecule has 0 saturated carbocycles. The predicted molar refractivity (Wildman–Crippen MR) is 101 cm³/mol. The van der Waals surface area contributed by atoms with Gasteiger partial charge in [0.15, 0.2) is 0 Å². The lowest BCUT2D eigenvalue weighted by atomic mass is 10.1. The molecule has 2 N–H and O–H groups in total. The van der Waals surface area contributed by atoms with E-state index < -0.39 is 17.9 Å². The Balaban J connectivity index is 1.97. The fraction of sp³-hybridized carbons (Fsp3) is 0.421. The van der Waals surface area contributed by atoms with Gasteiger partial charge in [-0.3, -0.25) is 4.79 Å². The SMILES string of the molecule is CC(C)(C)OCCC(NC(=O)c1csc(Cc2ccccc2F)n1)C(=O)O. The lowest BCUT2D eigenvalue weighted by Crippen LogP contribution is -2.42. The number of carboxylic acids is 1. The van der Waals surface area contributed by atoms with Crippen LogP contribution in [0.2, 0.25) is 0 Å². The topological polar surface area (TPSA) is 88.5 Å². The highest BCUT2D eigenvalue weighted by atomic mass is 32.1. The van der Waals surface area contributed by atoms with E-state index in [1.807, 2.05) is 20.8 Å². The maximum absolute atomic E-state index is 13.7. The van der Waals surface area contributed by atoms with Gasteiger partial charge in [0, 0.05) is 24.8 Å². The number of carbonyl (C=O) groups is 2. The van der Waals surface area contributed by atoms with Gasteiger partial charge in [0.05, 0.1) is 10.6 Å². The molecular weight excluding hydrogens is 371 g/mol. The summed E-state index contributed by atoms with van der Waals surface area (Å²) in [5, 5.41) is 13.9. The van der Waals surface area contributed by atoms with Gasteiger partial charge in [-0.1, -0.05) is 18.2 Å². The minimum absolute atomic E-state index is 0.120. The highest BCUT2D eigenvalue weighted by Gasteiger charge is 2.23. The zero-order chi connectivity index (χ0) is 20.0. The molecule has 27 heavy (non-hydrogen) atoms. The summed E-state index contributed by atoms with van der Waals surface area (Å²) in [4.78, 5) is 27.9. The van der Waals surface area contributed by atoms with Gasteiger partial charge in [0.2, 0.25) is 0 Å². The Kier molecular flexibility index (Phi) is 7.04. The third-order valence-corrected chi connectivity index (χ3v) is 4.48. The van der Waals surface area contributed by atoms with Crippen molar-refractivity contribution < 1.29 is 23.8 Å². The number of benzene rings is 1. The summed E-state index contributed by atoms with van der Waals surface area (Å²) in [5.74, 6) is -2.04. The van der Waals surface area contributed by atoms with E-state index in [-0.39, 0.29) is 36.6 Å². The minimum Gasteiger partial charge on any atom is -0.480 e. The van der Waals surface area contributed by atoms with E-state index in [9.17, 15) is 19.1 Å². The maximum Gasteiger partial charge on any atom is 0.326 e. The van der Waals surface area contributed by atoms with Crippen LogP contribution in [0.3, 0.4) is 0 Å². The van der Waals surface area contributed by atoms with Crippen molar-refractivity contribution in [3.05, 3.63) is 51.7 Å². The maximum atomic E-state index is 13.7. The van der Waals surface area contributed by atoms with E-state index in [0.29, 0.717) is 10.6 Å². The molecule has 0 radical (unpaired) electrons. The number of rotatable bonds is 8. The summed E-state index contributed by atoms with van der Waals surface area (Å²) in [6.45, 7) is 5.81. The van der Waals surface area contributed by atoms with Gasteiger partial charge in [-0.2, -0.15) is 0 Å². The van der Waals surface area contributed by atoms with Gasteiger partial charge in [-0.15, -0.1) is 11.3 Å². The smallest absolute Gasteiger partial charge is 0.326 e. The highest BCUT2D eigenvalue weighted by molar-refractivity contribution is 7.09. The number of nitrogens with one attached hydrogen (secondary N) is 1. The molecule has 1 heterocycles. The molecule has 0 bridgehead atoms. The van der Waals surface area contributed by atoms with Crippen molar-refractivity contribution >= 4 is 23.2 Å². The number of halogens is 1. The predicted octanol–water partition coefficient (Wildman–Crippen LogP) is 3.26. The van der Waals surface area contributed by atoms with Crippen LogP contribution in [-0.2, 0) is 16.0 Å². The first-order valence-corrected chi connectivity index (χ1v) is 9.39. The van der Waals surface area contributed by atoms with Gasteiger partial charge >= 0.3 is 5.97 Å². The van der Waals surface area contributed by atoms with Crippen molar-refractivity contribution in [1.82, 2.24) is 10.3 Å². The molecule has 0 spiro atoms. The number of hydrogen-bond donors (Lipinski definition) is 2. The summed E-state index contributed by atoms with van der Waals surface area (Å²) in [6, 6.07) is 5.29. The van der Waals surface area contributed by atoms with Crippen LogP contribution in [0.25, 0.3) is 0 Å². The lowest BCUT2D eigenvalue weighted by molar-refractivity contribution is -0.140. The Morgan fingerprint density at radius 3 is 2.67 bits per heavy atom. The Labute approximate surface area is 161 Å². The number of hydrogen-bond acceptors (Lipinski definition) is 5. The van der Waals surface area contributed by atoms with Crippen molar-refractivity contribution in [2.75, 3.05) is 6.61 Å². The van der Waals surface area contributed by atoms with Gasteiger partial charge in [-0.05, 0) is 32.4 Å². The Hall–Kier alpha value is -2.32. The normalized spacial score (nSPS) is 12.6. The summed E-state index contributed by atoms with van der Waals surface area (Å²) in [7, 11) is 0. The second-order valence-electron chi connectivity index (χ2n) is 7.01. The second kappa shape index (κ2) is 9.05. The first-order valence-electron chi connectivity index (χ1n) is 8.51. The third kappa shape index (κ3) is 6.73. The van der Waals surface area contributed by atoms with E-state index in [2.05, 4.69) is 10.3 Å². The van der Waals surface area contributed by atoms with Crippen LogP contribution >= 0.6 is 11.3 Å². The van der Waals surface area contributed by atoms with Gasteiger partial charge in [0.1, 0.15) is 17.6 Å². The third-order valence-electron chi connectivity index (χ3n) is 3.63. The standard InChI is InChI=1S/C19H23FN2O4S/c1-19(2,3)26-9-8-14(18(24)25)22-17(23)15-11-27-16(21-15)10-12-6-4-5-7-13(12)20/h4-7,11,14H,8-10H2,1-3H3,(H,22,23)(H,24,25). The molecule has 0 aliphatic rings. The van der Waals surface area contributed by atoms with Crippen molar-refractivity contribution in [3.63, 3.8) is 0 Å². The number of thiazole rings is 1. The number of aromatic nitrogens is 1. The van der Waals surface area contributed by atoms with Crippen LogP contribution in [0.4, 0.5) is 4.39 Å². The lowest BCUT2D eigenvalue weighted by Gasteiger charge is -2.21. The molecule has 1 aromatic carbocycles. The number of carboxylic acid groups (broad SMARTS) is 1. The van der Waals surface area contributed by atoms with Gasteiger partial charge in [0.25, 0.3) is 5.91 Å². The van der Waals surface area contributed by atoms with Crippen molar-refractivity contribution in [2.24, 2.45) is 0 Å². The van der Waals surface area contributed by atoms with Crippen LogP contribution in [0.5, 0.6) is 0 Å². The largest absolute Gasteiger partial charge is 0.480 e. The molecule has 146 valence electrons. The fourth-order valence-corrected chi connectivity index (χ4v) is 3.07. The summed E-state index contributed by atoms with van der Waals surface area (Å²) >= 11 is 1.23. The van der Waals surface area contributed by atoms with Gasteiger partial charge in [-0.25, -0.2) is 14.2 Å². The van der Waals surface area contributed by atoms with E-state index in [0.717, 1.165) is 0 Å². The molecule has 2 rings (SSSR count). The Morgan fingerprint density at radius 1 is 1.33 bits per heavy atom. The van der Waals surface area contributed by atoms with Gasteiger partial charge < -0.3 is 15.2 Å². The molecule has 8 heteroatoms.